The molecule has 19 heavy (non-hydrogen) atoms. The number of rotatable bonds is 5. The molecule has 0 aliphatic heterocycles. The van der Waals surface area contributed by atoms with Gasteiger partial charge in [0.1, 0.15) is 5.75 Å². The van der Waals surface area contributed by atoms with Gasteiger partial charge >= 0.3 is 6.61 Å². The molecule has 0 aliphatic rings. The van der Waals surface area contributed by atoms with Gasteiger partial charge in [-0.25, -0.2) is 5.43 Å². The van der Waals surface area contributed by atoms with E-state index in [2.05, 4.69) is 10.2 Å². The zero-order chi connectivity index (χ0) is 13.8. The largest absolute Gasteiger partial charge is 0.434 e. The fraction of sp³-hybridized carbons (Fsp3) is 0.167. The third-order valence-electron chi connectivity index (χ3n) is 2.49. The molecule has 0 spiro atoms. The van der Waals surface area contributed by atoms with Gasteiger partial charge in [0.05, 0.1) is 10.4 Å². The number of hydrogen-bond donors (Lipinski definition) is 2. The molecule has 1 unspecified atom stereocenters. The van der Waals surface area contributed by atoms with Crippen molar-refractivity contribution in [2.24, 2.45) is 5.84 Å². The number of para-hydroxylation sites is 1. The molecule has 2 aromatic rings. The summed E-state index contributed by atoms with van der Waals surface area (Å²) in [5, 5.41) is 0. The molecule has 1 aromatic carbocycles. The highest BCUT2D eigenvalue weighted by molar-refractivity contribution is 7.16. The first kappa shape index (κ1) is 14.2. The van der Waals surface area contributed by atoms with Gasteiger partial charge < -0.3 is 4.74 Å². The number of hydrogen-bond acceptors (Lipinski definition) is 4. The average Bonchev–Trinajstić information content (AvgIpc) is 2.78. The molecular formula is C12H11ClF2N2OS. The van der Waals surface area contributed by atoms with Gasteiger partial charge in [0.25, 0.3) is 0 Å². The lowest BCUT2D eigenvalue weighted by atomic mass is 10.0. The number of nitrogens with two attached hydrogens (primary N) is 1. The number of ether oxygens (including phenoxy) is 1. The van der Waals surface area contributed by atoms with Gasteiger partial charge in [-0.2, -0.15) is 8.78 Å². The van der Waals surface area contributed by atoms with Gasteiger partial charge in [-0.1, -0.05) is 29.8 Å². The molecule has 0 fully saturated rings. The molecule has 3 nitrogen and oxygen atoms in total. The molecule has 0 saturated carbocycles. The first-order valence-electron chi connectivity index (χ1n) is 5.37. The minimum Gasteiger partial charge on any atom is -0.434 e. The summed E-state index contributed by atoms with van der Waals surface area (Å²) in [6, 6.07) is 9.56. The Labute approximate surface area is 117 Å². The minimum atomic E-state index is -2.88. The second-order valence-corrected chi connectivity index (χ2v) is 5.40. The summed E-state index contributed by atoms with van der Waals surface area (Å²) in [4.78, 5) is 0.817. The van der Waals surface area contributed by atoms with Crippen molar-refractivity contribution in [1.29, 1.82) is 0 Å². The third kappa shape index (κ3) is 3.42. The number of halogens is 3. The maximum Gasteiger partial charge on any atom is 0.387 e. The Bertz CT molecular complexity index is 550. The summed E-state index contributed by atoms with van der Waals surface area (Å²) in [5.41, 5.74) is 3.12. The standard InChI is InChI=1S/C12H11ClF2N2OS/c13-10-6-5-9(19-10)11(17-16)7-3-1-2-4-8(7)18-12(14)15/h1-6,11-12,17H,16H2. The smallest absolute Gasteiger partial charge is 0.387 e. The summed E-state index contributed by atoms with van der Waals surface area (Å²) in [6.07, 6.45) is 0. The van der Waals surface area contributed by atoms with Crippen LogP contribution in [0.4, 0.5) is 8.78 Å². The van der Waals surface area contributed by atoms with Gasteiger partial charge in [-0.15, -0.1) is 11.3 Å². The van der Waals surface area contributed by atoms with Crippen LogP contribution in [0.2, 0.25) is 4.34 Å². The molecule has 0 saturated heterocycles. The van der Waals surface area contributed by atoms with Crippen LogP contribution in [0.1, 0.15) is 16.5 Å². The molecule has 1 heterocycles. The predicted octanol–water partition coefficient (Wildman–Crippen LogP) is 3.56. The molecule has 7 heteroatoms. The molecule has 1 aromatic heterocycles. The van der Waals surface area contributed by atoms with E-state index in [0.29, 0.717) is 9.90 Å². The predicted molar refractivity (Wildman–Crippen MR) is 71.6 cm³/mol. The molecule has 0 amide bonds. The van der Waals surface area contributed by atoms with E-state index in [4.69, 9.17) is 17.4 Å². The number of nitrogens with one attached hydrogen (secondary N) is 1. The van der Waals surface area contributed by atoms with Crippen molar-refractivity contribution in [2.45, 2.75) is 12.7 Å². The Morgan fingerprint density at radius 1 is 1.21 bits per heavy atom. The molecule has 0 radical (unpaired) electrons. The van der Waals surface area contributed by atoms with E-state index in [9.17, 15) is 8.78 Å². The maximum absolute atomic E-state index is 12.4. The number of hydrazine groups is 1. The van der Waals surface area contributed by atoms with Gasteiger partial charge in [0, 0.05) is 10.4 Å². The zero-order valence-electron chi connectivity index (χ0n) is 9.65. The van der Waals surface area contributed by atoms with Gasteiger partial charge in [0.2, 0.25) is 0 Å². The van der Waals surface area contributed by atoms with E-state index >= 15 is 0 Å². The molecule has 2 rings (SSSR count). The fourth-order valence-electron chi connectivity index (χ4n) is 1.73. The topological polar surface area (TPSA) is 47.3 Å². The third-order valence-corrected chi connectivity index (χ3v) is 3.79. The SMILES string of the molecule is NNC(c1ccc(Cl)s1)c1ccccc1OC(F)F. The summed E-state index contributed by atoms with van der Waals surface area (Å²) in [6.45, 7) is -2.88. The highest BCUT2D eigenvalue weighted by atomic mass is 35.5. The van der Waals surface area contributed by atoms with Crippen LogP contribution in [0.3, 0.4) is 0 Å². The maximum atomic E-state index is 12.4. The average molecular weight is 305 g/mol. The molecule has 102 valence electrons. The zero-order valence-corrected chi connectivity index (χ0v) is 11.2. The monoisotopic (exact) mass is 304 g/mol. The fourth-order valence-corrected chi connectivity index (χ4v) is 2.87. The summed E-state index contributed by atoms with van der Waals surface area (Å²) < 4.78 is 29.9. The van der Waals surface area contributed by atoms with E-state index in [1.807, 2.05) is 0 Å². The Morgan fingerprint density at radius 2 is 1.95 bits per heavy atom. The van der Waals surface area contributed by atoms with Crippen molar-refractivity contribution in [1.82, 2.24) is 5.43 Å². The van der Waals surface area contributed by atoms with E-state index < -0.39 is 12.7 Å². The van der Waals surface area contributed by atoms with Crippen LogP contribution < -0.4 is 16.0 Å². The quantitative estimate of drug-likeness (QED) is 0.656. The molecular weight excluding hydrogens is 294 g/mol. The second-order valence-electron chi connectivity index (χ2n) is 3.66. The van der Waals surface area contributed by atoms with Crippen LogP contribution in [0.15, 0.2) is 36.4 Å². The summed E-state index contributed by atoms with van der Waals surface area (Å²) >= 11 is 7.19. The van der Waals surface area contributed by atoms with Crippen LogP contribution in [-0.2, 0) is 0 Å². The minimum absolute atomic E-state index is 0.0879. The Morgan fingerprint density at radius 3 is 2.53 bits per heavy atom. The summed E-state index contributed by atoms with van der Waals surface area (Å²) in [7, 11) is 0. The van der Waals surface area contributed by atoms with Crippen molar-refractivity contribution in [3.63, 3.8) is 0 Å². The Hall–Kier alpha value is -1.21. The Kier molecular flexibility index (Phi) is 4.71. The van der Waals surface area contributed by atoms with E-state index in [-0.39, 0.29) is 5.75 Å². The summed E-state index contributed by atoms with van der Waals surface area (Å²) in [5.74, 6) is 5.60. The molecule has 0 bridgehead atoms. The van der Waals surface area contributed by atoms with E-state index in [1.54, 1.807) is 30.3 Å². The van der Waals surface area contributed by atoms with Gasteiger partial charge in [-0.3, -0.25) is 5.84 Å². The van der Waals surface area contributed by atoms with Crippen molar-refractivity contribution in [2.75, 3.05) is 0 Å². The first-order valence-corrected chi connectivity index (χ1v) is 6.56. The van der Waals surface area contributed by atoms with Crippen molar-refractivity contribution in [3.8, 4) is 5.75 Å². The normalized spacial score (nSPS) is 12.7. The highest BCUT2D eigenvalue weighted by Crippen LogP contribution is 2.35. The van der Waals surface area contributed by atoms with Crippen LogP contribution >= 0.6 is 22.9 Å². The lowest BCUT2D eigenvalue weighted by Gasteiger charge is -2.18. The van der Waals surface area contributed by atoms with Crippen LogP contribution in [0.5, 0.6) is 5.75 Å². The lowest BCUT2D eigenvalue weighted by molar-refractivity contribution is -0.0506. The van der Waals surface area contributed by atoms with Crippen molar-refractivity contribution in [3.05, 3.63) is 51.2 Å². The van der Waals surface area contributed by atoms with Gasteiger partial charge in [0.15, 0.2) is 0 Å². The van der Waals surface area contributed by atoms with E-state index in [1.165, 1.54) is 17.4 Å². The second kappa shape index (κ2) is 6.29. The number of thiophene rings is 1. The van der Waals surface area contributed by atoms with Crippen molar-refractivity contribution >= 4 is 22.9 Å². The molecule has 1 atom stereocenters. The highest BCUT2D eigenvalue weighted by Gasteiger charge is 2.20. The Balaban J connectivity index is 2.38. The first-order chi connectivity index (χ1) is 9.11. The molecule has 0 aliphatic carbocycles. The van der Waals surface area contributed by atoms with Gasteiger partial charge in [-0.05, 0) is 18.2 Å². The van der Waals surface area contributed by atoms with E-state index in [0.717, 1.165) is 4.88 Å². The number of benzene rings is 1. The molecule has 3 N–H and O–H groups in total. The van der Waals surface area contributed by atoms with Crippen LogP contribution in [0.25, 0.3) is 0 Å². The van der Waals surface area contributed by atoms with Crippen LogP contribution in [-0.4, -0.2) is 6.61 Å². The van der Waals surface area contributed by atoms with Crippen molar-refractivity contribution < 1.29 is 13.5 Å². The number of alkyl halides is 2. The van der Waals surface area contributed by atoms with Crippen LogP contribution in [0, 0.1) is 0 Å². The lowest BCUT2D eigenvalue weighted by Crippen LogP contribution is -2.28.